The summed E-state index contributed by atoms with van der Waals surface area (Å²) in [5, 5.41) is 1.59. The van der Waals surface area contributed by atoms with Crippen LogP contribution in [0.5, 0.6) is 0 Å². The highest BCUT2D eigenvalue weighted by Crippen LogP contribution is 2.23. The first-order valence-electron chi connectivity index (χ1n) is 12.0. The van der Waals surface area contributed by atoms with E-state index < -0.39 is 0 Å². The van der Waals surface area contributed by atoms with Crippen LogP contribution in [0.1, 0.15) is 59.6 Å². The Morgan fingerprint density at radius 2 is 1.33 bits per heavy atom. The summed E-state index contributed by atoms with van der Waals surface area (Å²) in [6.45, 7) is 4.32. The smallest absolute Gasteiger partial charge is 0.146 e. The van der Waals surface area contributed by atoms with Crippen LogP contribution in [-0.4, -0.2) is 0 Å². The van der Waals surface area contributed by atoms with Gasteiger partial charge in [-0.2, -0.15) is 0 Å². The minimum Gasteiger partial charge on any atom is -0.205 e. The largest absolute Gasteiger partial charge is 0.205 e. The fourth-order valence-electron chi connectivity index (χ4n) is 4.11. The molecule has 4 aromatic carbocycles. The molecule has 0 heterocycles. The van der Waals surface area contributed by atoms with E-state index in [9.17, 15) is 0 Å². The number of halogens is 1. The molecule has 0 aliphatic heterocycles. The second-order valence-electron chi connectivity index (χ2n) is 8.87. The van der Waals surface area contributed by atoms with Gasteiger partial charge in [0, 0.05) is 10.9 Å². The van der Waals surface area contributed by atoms with E-state index in [4.69, 9.17) is 0 Å². The first-order chi connectivity index (χ1) is 16.1. The standard InChI is InChI=1S/C32H31F/c1-3-4-5-6-28-18-22-31-30(23-28)21-20-29(32(31)33)19-17-27-15-13-26(14-16-27)12-11-25-9-7-24(2)8-10-25/h7-10,13-16,18,20-23H,3-6,11-12H2,1-2H3. The lowest BCUT2D eigenvalue weighted by molar-refractivity contribution is 0.636. The van der Waals surface area contributed by atoms with E-state index in [1.54, 1.807) is 6.07 Å². The summed E-state index contributed by atoms with van der Waals surface area (Å²) >= 11 is 0. The molecular weight excluding hydrogens is 403 g/mol. The first kappa shape index (κ1) is 22.8. The molecule has 0 nitrogen and oxygen atoms in total. The Labute approximate surface area is 197 Å². The number of hydrogen-bond donors (Lipinski definition) is 0. The summed E-state index contributed by atoms with van der Waals surface area (Å²) in [6, 6.07) is 26.9. The summed E-state index contributed by atoms with van der Waals surface area (Å²) in [4.78, 5) is 0. The van der Waals surface area contributed by atoms with E-state index in [0.717, 1.165) is 30.2 Å². The molecule has 0 saturated carbocycles. The van der Waals surface area contributed by atoms with Gasteiger partial charge in [-0.25, -0.2) is 4.39 Å². The average Bonchev–Trinajstić information content (AvgIpc) is 2.84. The fourth-order valence-corrected chi connectivity index (χ4v) is 4.11. The second kappa shape index (κ2) is 11.0. The number of hydrogen-bond acceptors (Lipinski definition) is 0. The molecule has 0 saturated heterocycles. The summed E-state index contributed by atoms with van der Waals surface area (Å²) in [7, 11) is 0. The average molecular weight is 435 g/mol. The molecule has 0 radical (unpaired) electrons. The molecule has 0 bridgehead atoms. The molecule has 0 atom stereocenters. The van der Waals surface area contributed by atoms with Gasteiger partial charge in [0.15, 0.2) is 0 Å². The summed E-state index contributed by atoms with van der Waals surface area (Å²) in [6.07, 6.45) is 6.69. The van der Waals surface area contributed by atoms with Crippen LogP contribution in [0.4, 0.5) is 4.39 Å². The third-order valence-corrected chi connectivity index (χ3v) is 6.21. The van der Waals surface area contributed by atoms with E-state index >= 15 is 4.39 Å². The quantitative estimate of drug-likeness (QED) is 0.203. The van der Waals surface area contributed by atoms with Crippen LogP contribution in [-0.2, 0) is 19.3 Å². The van der Waals surface area contributed by atoms with Gasteiger partial charge in [0.05, 0.1) is 5.56 Å². The van der Waals surface area contributed by atoms with Crippen molar-refractivity contribution in [1.82, 2.24) is 0 Å². The van der Waals surface area contributed by atoms with Crippen LogP contribution >= 0.6 is 0 Å². The van der Waals surface area contributed by atoms with Gasteiger partial charge < -0.3 is 0 Å². The molecule has 4 rings (SSSR count). The molecule has 0 aliphatic carbocycles. The van der Waals surface area contributed by atoms with Gasteiger partial charge in [-0.3, -0.25) is 0 Å². The maximum absolute atomic E-state index is 15.1. The monoisotopic (exact) mass is 434 g/mol. The van der Waals surface area contributed by atoms with Gasteiger partial charge in [0.1, 0.15) is 5.82 Å². The number of benzene rings is 4. The Balaban J connectivity index is 1.43. The highest BCUT2D eigenvalue weighted by Gasteiger charge is 2.06. The SMILES string of the molecule is CCCCCc1ccc2c(F)c(C#Cc3ccc(CCc4ccc(C)cc4)cc3)ccc2c1. The van der Waals surface area contributed by atoms with E-state index in [1.165, 1.54) is 41.5 Å². The molecule has 0 spiro atoms. The van der Waals surface area contributed by atoms with Crippen molar-refractivity contribution in [1.29, 1.82) is 0 Å². The third-order valence-electron chi connectivity index (χ3n) is 6.21. The summed E-state index contributed by atoms with van der Waals surface area (Å²) in [5.41, 5.74) is 6.55. The Morgan fingerprint density at radius 1 is 0.667 bits per heavy atom. The Kier molecular flexibility index (Phi) is 7.59. The van der Waals surface area contributed by atoms with Crippen molar-refractivity contribution < 1.29 is 4.39 Å². The Hall–Kier alpha value is -3.37. The molecule has 166 valence electrons. The van der Waals surface area contributed by atoms with Crippen molar-refractivity contribution >= 4 is 10.8 Å². The molecule has 0 amide bonds. The molecule has 33 heavy (non-hydrogen) atoms. The summed E-state index contributed by atoms with van der Waals surface area (Å²) < 4.78 is 15.1. The van der Waals surface area contributed by atoms with Crippen molar-refractivity contribution in [3.8, 4) is 11.8 Å². The van der Waals surface area contributed by atoms with Gasteiger partial charge in [-0.1, -0.05) is 97.8 Å². The van der Waals surface area contributed by atoms with E-state index in [2.05, 4.69) is 68.2 Å². The van der Waals surface area contributed by atoms with Gasteiger partial charge in [-0.15, -0.1) is 0 Å². The lowest BCUT2D eigenvalue weighted by atomic mass is 10.00. The molecule has 0 unspecified atom stereocenters. The molecule has 0 fully saturated rings. The van der Waals surface area contributed by atoms with E-state index in [0.29, 0.717) is 10.9 Å². The van der Waals surface area contributed by atoms with E-state index in [-0.39, 0.29) is 5.82 Å². The van der Waals surface area contributed by atoms with Crippen molar-refractivity contribution in [3.63, 3.8) is 0 Å². The first-order valence-corrected chi connectivity index (χ1v) is 12.0. The number of rotatable bonds is 7. The predicted molar refractivity (Wildman–Crippen MR) is 138 cm³/mol. The molecule has 0 aliphatic rings. The molecule has 0 N–H and O–H groups in total. The van der Waals surface area contributed by atoms with Gasteiger partial charge in [0.2, 0.25) is 0 Å². The maximum Gasteiger partial charge on any atom is 0.146 e. The number of unbranched alkanes of at least 4 members (excludes halogenated alkanes) is 2. The zero-order valence-corrected chi connectivity index (χ0v) is 19.6. The topological polar surface area (TPSA) is 0 Å². The minimum atomic E-state index is -0.227. The molecule has 0 aromatic heterocycles. The molecular formula is C32H31F. The van der Waals surface area contributed by atoms with E-state index in [1.807, 2.05) is 30.3 Å². The van der Waals surface area contributed by atoms with Crippen molar-refractivity contribution in [2.45, 2.75) is 52.4 Å². The zero-order chi connectivity index (χ0) is 23.0. The van der Waals surface area contributed by atoms with Crippen LogP contribution in [0.2, 0.25) is 0 Å². The van der Waals surface area contributed by atoms with Crippen LogP contribution in [0, 0.1) is 24.6 Å². The fraction of sp³-hybridized carbons (Fsp3) is 0.250. The predicted octanol–water partition coefficient (Wildman–Crippen LogP) is 8.21. The van der Waals surface area contributed by atoms with Crippen LogP contribution in [0.25, 0.3) is 10.8 Å². The summed E-state index contributed by atoms with van der Waals surface area (Å²) in [5.74, 6) is 5.94. The Bertz CT molecular complexity index is 1270. The van der Waals surface area contributed by atoms with Crippen molar-refractivity contribution in [3.05, 3.63) is 118 Å². The minimum absolute atomic E-state index is 0.227. The lowest BCUT2D eigenvalue weighted by Crippen LogP contribution is -1.92. The maximum atomic E-state index is 15.1. The number of aryl methyl sites for hydroxylation is 4. The second-order valence-corrected chi connectivity index (χ2v) is 8.87. The van der Waals surface area contributed by atoms with Gasteiger partial charge >= 0.3 is 0 Å². The lowest BCUT2D eigenvalue weighted by Gasteiger charge is -2.06. The number of fused-ring (bicyclic) bond motifs is 1. The highest BCUT2D eigenvalue weighted by atomic mass is 19.1. The zero-order valence-electron chi connectivity index (χ0n) is 19.6. The van der Waals surface area contributed by atoms with Gasteiger partial charge in [-0.05, 0) is 72.9 Å². The van der Waals surface area contributed by atoms with Crippen LogP contribution in [0.3, 0.4) is 0 Å². The highest BCUT2D eigenvalue weighted by molar-refractivity contribution is 5.85. The van der Waals surface area contributed by atoms with Crippen molar-refractivity contribution in [2.24, 2.45) is 0 Å². The molecule has 1 heteroatoms. The van der Waals surface area contributed by atoms with Crippen LogP contribution < -0.4 is 0 Å². The molecule has 4 aromatic rings. The Morgan fingerprint density at radius 3 is 2.03 bits per heavy atom. The van der Waals surface area contributed by atoms with Crippen molar-refractivity contribution in [2.75, 3.05) is 0 Å². The van der Waals surface area contributed by atoms with Gasteiger partial charge in [0.25, 0.3) is 0 Å². The van der Waals surface area contributed by atoms with Crippen LogP contribution in [0.15, 0.2) is 78.9 Å². The normalized spacial score (nSPS) is 10.8. The third kappa shape index (κ3) is 6.11.